The van der Waals surface area contributed by atoms with Crippen molar-refractivity contribution in [2.24, 2.45) is 0 Å². The molecular formula is C19H18F3N7O. The Hall–Kier alpha value is -3.34. The molecule has 1 fully saturated rings. The summed E-state index contributed by atoms with van der Waals surface area (Å²) >= 11 is 0. The van der Waals surface area contributed by atoms with E-state index in [2.05, 4.69) is 30.9 Å². The number of alkyl halides is 3. The molecule has 0 atom stereocenters. The number of nitrogens with zero attached hydrogens (tertiary/aromatic N) is 4. The van der Waals surface area contributed by atoms with Crippen molar-refractivity contribution >= 4 is 34.0 Å². The zero-order valence-corrected chi connectivity index (χ0v) is 15.7. The Labute approximate surface area is 168 Å². The van der Waals surface area contributed by atoms with Gasteiger partial charge >= 0.3 is 6.18 Å². The first kappa shape index (κ1) is 18.7. The van der Waals surface area contributed by atoms with Crippen molar-refractivity contribution in [3.8, 4) is 0 Å². The molecule has 0 amide bonds. The number of H-pyrrole nitrogens is 1. The third kappa shape index (κ3) is 3.52. The van der Waals surface area contributed by atoms with Crippen LogP contribution in [0.3, 0.4) is 0 Å². The number of hydrogen-bond acceptors (Lipinski definition) is 6. The van der Waals surface area contributed by atoms with Crippen molar-refractivity contribution in [1.29, 1.82) is 0 Å². The lowest BCUT2D eigenvalue weighted by Gasteiger charge is -2.24. The summed E-state index contributed by atoms with van der Waals surface area (Å²) in [7, 11) is 0. The van der Waals surface area contributed by atoms with E-state index in [0.29, 0.717) is 23.3 Å². The molecule has 156 valence electrons. The lowest BCUT2D eigenvalue weighted by Crippen LogP contribution is -2.28. The first-order valence-corrected chi connectivity index (χ1v) is 9.50. The van der Waals surface area contributed by atoms with Crippen LogP contribution in [0.5, 0.6) is 0 Å². The lowest BCUT2D eigenvalue weighted by molar-refractivity contribution is -0.139. The number of fused-ring (bicyclic) bond motifs is 2. The summed E-state index contributed by atoms with van der Waals surface area (Å²) < 4.78 is 46.1. The zero-order chi connectivity index (χ0) is 20.7. The van der Waals surface area contributed by atoms with E-state index < -0.39 is 11.9 Å². The highest BCUT2D eigenvalue weighted by Crippen LogP contribution is 2.34. The Balaban J connectivity index is 1.41. The van der Waals surface area contributed by atoms with E-state index in [1.54, 1.807) is 16.6 Å². The molecule has 0 aliphatic carbocycles. The highest BCUT2D eigenvalue weighted by atomic mass is 19.4. The fourth-order valence-corrected chi connectivity index (χ4v) is 3.56. The van der Waals surface area contributed by atoms with E-state index in [0.717, 1.165) is 31.9 Å². The first-order chi connectivity index (χ1) is 14.5. The SMILES string of the molecule is FC(F)(F)c1n[nH]c2cc(Nc3nc4cccc(NC5CCOCC5)n4n3)ccc12. The number of anilines is 3. The summed E-state index contributed by atoms with van der Waals surface area (Å²) in [5.74, 6) is 1.16. The van der Waals surface area contributed by atoms with E-state index in [9.17, 15) is 13.2 Å². The quantitative estimate of drug-likeness (QED) is 0.466. The Kier molecular flexibility index (Phi) is 4.46. The molecule has 4 aromatic rings. The van der Waals surface area contributed by atoms with Gasteiger partial charge in [-0.15, -0.1) is 5.10 Å². The van der Waals surface area contributed by atoms with Crippen molar-refractivity contribution in [3.05, 3.63) is 42.1 Å². The third-order valence-corrected chi connectivity index (χ3v) is 5.02. The highest BCUT2D eigenvalue weighted by molar-refractivity contribution is 5.85. The van der Waals surface area contributed by atoms with Gasteiger partial charge < -0.3 is 15.4 Å². The summed E-state index contributed by atoms with van der Waals surface area (Å²) in [6, 6.07) is 10.4. The summed E-state index contributed by atoms with van der Waals surface area (Å²) in [6.07, 6.45) is -2.68. The van der Waals surface area contributed by atoms with Crippen LogP contribution in [0, 0.1) is 0 Å². The minimum absolute atomic E-state index is 0.0129. The Morgan fingerprint density at radius 3 is 2.77 bits per heavy atom. The maximum atomic E-state index is 13.0. The minimum Gasteiger partial charge on any atom is -0.381 e. The molecule has 0 spiro atoms. The van der Waals surface area contributed by atoms with Crippen LogP contribution >= 0.6 is 0 Å². The van der Waals surface area contributed by atoms with Crippen molar-refractivity contribution in [3.63, 3.8) is 0 Å². The lowest BCUT2D eigenvalue weighted by atomic mass is 10.1. The van der Waals surface area contributed by atoms with Gasteiger partial charge in [0.15, 0.2) is 11.3 Å². The molecule has 1 aliphatic rings. The number of ether oxygens (including phenoxy) is 1. The molecule has 1 saturated heterocycles. The number of nitrogens with one attached hydrogen (secondary N) is 3. The van der Waals surface area contributed by atoms with Crippen molar-refractivity contribution in [2.45, 2.75) is 25.1 Å². The van der Waals surface area contributed by atoms with Gasteiger partial charge in [-0.1, -0.05) is 6.07 Å². The van der Waals surface area contributed by atoms with E-state index >= 15 is 0 Å². The van der Waals surface area contributed by atoms with Crippen LogP contribution in [0.15, 0.2) is 36.4 Å². The topological polar surface area (TPSA) is 92.2 Å². The van der Waals surface area contributed by atoms with E-state index in [4.69, 9.17) is 4.74 Å². The van der Waals surface area contributed by atoms with Crippen molar-refractivity contribution in [1.82, 2.24) is 24.8 Å². The fraction of sp³-hybridized carbons (Fsp3) is 0.316. The first-order valence-electron chi connectivity index (χ1n) is 9.50. The summed E-state index contributed by atoms with van der Waals surface area (Å²) in [5, 5.41) is 16.8. The zero-order valence-electron chi connectivity index (χ0n) is 15.7. The average Bonchev–Trinajstić information content (AvgIpc) is 3.32. The van der Waals surface area contributed by atoms with Gasteiger partial charge in [0.2, 0.25) is 5.95 Å². The van der Waals surface area contributed by atoms with E-state index in [1.807, 2.05) is 18.2 Å². The molecule has 4 heterocycles. The van der Waals surface area contributed by atoms with Gasteiger partial charge in [-0.05, 0) is 43.2 Å². The molecular weight excluding hydrogens is 399 g/mol. The number of hydrogen-bond donors (Lipinski definition) is 3. The van der Waals surface area contributed by atoms with Crippen LogP contribution in [-0.2, 0) is 10.9 Å². The number of pyridine rings is 1. The third-order valence-electron chi connectivity index (χ3n) is 5.02. The number of aromatic nitrogens is 5. The second-order valence-electron chi connectivity index (χ2n) is 7.10. The standard InChI is InChI=1S/C19H18F3N7O/c20-19(21,22)17-13-5-4-12(10-14(13)26-27-17)24-18-25-16-3-1-2-15(29(16)28-18)23-11-6-8-30-9-7-11/h1-5,10-11,23H,6-9H2,(H,24,28)(H,26,27). The Morgan fingerprint density at radius 1 is 1.13 bits per heavy atom. The maximum Gasteiger partial charge on any atom is 0.435 e. The number of benzene rings is 1. The Bertz CT molecular complexity index is 1190. The van der Waals surface area contributed by atoms with Gasteiger partial charge in [0.25, 0.3) is 0 Å². The van der Waals surface area contributed by atoms with Crippen molar-refractivity contribution in [2.75, 3.05) is 23.8 Å². The molecule has 0 radical (unpaired) electrons. The molecule has 3 aromatic heterocycles. The molecule has 0 unspecified atom stereocenters. The van der Waals surface area contributed by atoms with Crippen LogP contribution in [0.25, 0.3) is 16.6 Å². The molecule has 30 heavy (non-hydrogen) atoms. The molecule has 1 aliphatic heterocycles. The fourth-order valence-electron chi connectivity index (χ4n) is 3.56. The second kappa shape index (κ2) is 7.17. The van der Waals surface area contributed by atoms with Crippen LogP contribution < -0.4 is 10.6 Å². The Morgan fingerprint density at radius 2 is 1.97 bits per heavy atom. The van der Waals surface area contributed by atoms with Crippen LogP contribution in [-0.4, -0.2) is 44.1 Å². The van der Waals surface area contributed by atoms with Crippen LogP contribution in [0.2, 0.25) is 0 Å². The van der Waals surface area contributed by atoms with Crippen molar-refractivity contribution < 1.29 is 17.9 Å². The van der Waals surface area contributed by atoms with E-state index in [-0.39, 0.29) is 10.9 Å². The molecule has 11 heteroatoms. The van der Waals surface area contributed by atoms with E-state index in [1.165, 1.54) is 6.07 Å². The number of rotatable bonds is 4. The maximum absolute atomic E-state index is 13.0. The summed E-state index contributed by atoms with van der Waals surface area (Å²) in [5.41, 5.74) is 0.544. The number of halogens is 3. The predicted octanol–water partition coefficient (Wildman–Crippen LogP) is 3.96. The normalized spacial score (nSPS) is 15.7. The van der Waals surface area contributed by atoms with Crippen LogP contribution in [0.4, 0.5) is 30.6 Å². The van der Waals surface area contributed by atoms with Gasteiger partial charge in [0.1, 0.15) is 5.82 Å². The summed E-state index contributed by atoms with van der Waals surface area (Å²) in [4.78, 5) is 4.46. The molecule has 1 aromatic carbocycles. The number of aromatic amines is 1. The average molecular weight is 417 g/mol. The van der Waals surface area contributed by atoms with Gasteiger partial charge in [0.05, 0.1) is 5.52 Å². The molecule has 8 nitrogen and oxygen atoms in total. The molecule has 3 N–H and O–H groups in total. The molecule has 0 saturated carbocycles. The summed E-state index contributed by atoms with van der Waals surface area (Å²) in [6.45, 7) is 1.45. The van der Waals surface area contributed by atoms with Gasteiger partial charge in [-0.25, -0.2) is 0 Å². The minimum atomic E-state index is -4.51. The van der Waals surface area contributed by atoms with Gasteiger partial charge in [0, 0.05) is 30.3 Å². The van der Waals surface area contributed by atoms with Crippen LogP contribution in [0.1, 0.15) is 18.5 Å². The van der Waals surface area contributed by atoms with Gasteiger partial charge in [-0.2, -0.15) is 27.8 Å². The van der Waals surface area contributed by atoms with Gasteiger partial charge in [-0.3, -0.25) is 5.10 Å². The highest BCUT2D eigenvalue weighted by Gasteiger charge is 2.35. The predicted molar refractivity (Wildman–Crippen MR) is 105 cm³/mol. The second-order valence-corrected chi connectivity index (χ2v) is 7.10. The largest absolute Gasteiger partial charge is 0.435 e. The smallest absolute Gasteiger partial charge is 0.381 e. The monoisotopic (exact) mass is 417 g/mol. The molecule has 5 rings (SSSR count). The molecule has 0 bridgehead atoms.